The molecule has 25 heavy (non-hydrogen) atoms. The van der Waals surface area contributed by atoms with Crippen molar-refractivity contribution in [1.82, 2.24) is 5.32 Å². The summed E-state index contributed by atoms with van der Waals surface area (Å²) < 4.78 is 30.2. The maximum Gasteiger partial charge on any atom is 0.229 e. The molecule has 6 nitrogen and oxygen atoms in total. The van der Waals surface area contributed by atoms with Gasteiger partial charge in [-0.25, -0.2) is 8.42 Å². The average Bonchev–Trinajstić information content (AvgIpc) is 2.58. The highest BCUT2D eigenvalue weighted by Crippen LogP contribution is 2.17. The van der Waals surface area contributed by atoms with E-state index in [-0.39, 0.29) is 12.6 Å². The van der Waals surface area contributed by atoms with E-state index in [4.69, 9.17) is 4.74 Å². The van der Waals surface area contributed by atoms with Crippen molar-refractivity contribution in [2.75, 3.05) is 24.1 Å². The highest BCUT2D eigenvalue weighted by atomic mass is 32.2. The van der Waals surface area contributed by atoms with E-state index in [1.807, 2.05) is 37.3 Å². The van der Waals surface area contributed by atoms with E-state index < -0.39 is 16.1 Å². The SMILES string of the molecule is CC(NCC(O)COc1ccc(NS(C)(=O)=O)cc1)c1ccccc1. The van der Waals surface area contributed by atoms with Crippen molar-refractivity contribution < 1.29 is 18.3 Å². The van der Waals surface area contributed by atoms with Gasteiger partial charge in [-0.2, -0.15) is 0 Å². The van der Waals surface area contributed by atoms with Crippen LogP contribution >= 0.6 is 0 Å². The molecule has 0 spiro atoms. The Kier molecular flexibility index (Phi) is 6.81. The number of rotatable bonds is 9. The van der Waals surface area contributed by atoms with E-state index in [0.717, 1.165) is 11.8 Å². The quantitative estimate of drug-likeness (QED) is 0.635. The Balaban J connectivity index is 1.75. The monoisotopic (exact) mass is 364 g/mol. The molecule has 0 bridgehead atoms. The van der Waals surface area contributed by atoms with Crippen molar-refractivity contribution in [3.63, 3.8) is 0 Å². The van der Waals surface area contributed by atoms with Gasteiger partial charge in [0.1, 0.15) is 18.5 Å². The summed E-state index contributed by atoms with van der Waals surface area (Å²) in [5.41, 5.74) is 1.62. The van der Waals surface area contributed by atoms with E-state index in [1.165, 1.54) is 0 Å². The summed E-state index contributed by atoms with van der Waals surface area (Å²) in [7, 11) is -3.29. The van der Waals surface area contributed by atoms with Crippen molar-refractivity contribution >= 4 is 15.7 Å². The third kappa shape index (κ3) is 7.13. The first kappa shape index (κ1) is 19.2. The molecule has 3 N–H and O–H groups in total. The van der Waals surface area contributed by atoms with Gasteiger partial charge in [0.25, 0.3) is 0 Å². The molecule has 2 aromatic carbocycles. The molecule has 2 atom stereocenters. The molecule has 2 unspecified atom stereocenters. The van der Waals surface area contributed by atoms with Crippen LogP contribution < -0.4 is 14.8 Å². The standard InChI is InChI=1S/C18H24N2O4S/c1-14(15-6-4-3-5-7-15)19-12-17(21)13-24-18-10-8-16(9-11-18)20-25(2,22)23/h3-11,14,17,19-21H,12-13H2,1-2H3. The Bertz CT molecular complexity index is 748. The molecule has 0 radical (unpaired) electrons. The average molecular weight is 364 g/mol. The van der Waals surface area contributed by atoms with Gasteiger partial charge in [0.15, 0.2) is 0 Å². The summed E-state index contributed by atoms with van der Waals surface area (Å²) in [5, 5.41) is 13.3. The van der Waals surface area contributed by atoms with Gasteiger partial charge in [-0.15, -0.1) is 0 Å². The molecule has 0 amide bonds. The summed E-state index contributed by atoms with van der Waals surface area (Å²) in [4.78, 5) is 0. The second kappa shape index (κ2) is 8.84. The lowest BCUT2D eigenvalue weighted by molar-refractivity contribution is 0.104. The fraction of sp³-hybridized carbons (Fsp3) is 0.333. The van der Waals surface area contributed by atoms with E-state index in [1.54, 1.807) is 24.3 Å². The number of nitrogens with one attached hydrogen (secondary N) is 2. The van der Waals surface area contributed by atoms with Crippen molar-refractivity contribution in [2.45, 2.75) is 19.1 Å². The Morgan fingerprint density at radius 3 is 2.32 bits per heavy atom. The Labute approximate surface area is 148 Å². The zero-order valence-corrected chi connectivity index (χ0v) is 15.2. The minimum atomic E-state index is -3.29. The Morgan fingerprint density at radius 2 is 1.72 bits per heavy atom. The highest BCUT2D eigenvalue weighted by molar-refractivity contribution is 7.92. The van der Waals surface area contributed by atoms with E-state index >= 15 is 0 Å². The summed E-state index contributed by atoms with van der Waals surface area (Å²) in [6.45, 7) is 2.59. The van der Waals surface area contributed by atoms with Gasteiger partial charge in [-0.1, -0.05) is 30.3 Å². The molecule has 0 heterocycles. The van der Waals surface area contributed by atoms with Crippen LogP contribution in [0.1, 0.15) is 18.5 Å². The van der Waals surface area contributed by atoms with Gasteiger partial charge < -0.3 is 15.2 Å². The molecular formula is C18H24N2O4S. The lowest BCUT2D eigenvalue weighted by Gasteiger charge is -2.18. The van der Waals surface area contributed by atoms with Crippen molar-refractivity contribution in [3.05, 3.63) is 60.2 Å². The van der Waals surface area contributed by atoms with Crippen molar-refractivity contribution in [3.8, 4) is 5.75 Å². The number of ether oxygens (including phenoxy) is 1. The molecule has 2 aromatic rings. The van der Waals surface area contributed by atoms with E-state index in [2.05, 4.69) is 10.0 Å². The van der Waals surface area contributed by atoms with Crippen LogP contribution in [0.5, 0.6) is 5.75 Å². The van der Waals surface area contributed by atoms with Gasteiger partial charge in [-0.3, -0.25) is 4.72 Å². The first-order chi connectivity index (χ1) is 11.8. The summed E-state index contributed by atoms with van der Waals surface area (Å²) in [6.07, 6.45) is 0.442. The molecule has 0 aliphatic heterocycles. The molecule has 0 aromatic heterocycles. The minimum absolute atomic E-state index is 0.136. The number of hydrogen-bond donors (Lipinski definition) is 3. The Morgan fingerprint density at radius 1 is 1.08 bits per heavy atom. The van der Waals surface area contributed by atoms with Gasteiger partial charge >= 0.3 is 0 Å². The van der Waals surface area contributed by atoms with Crippen LogP contribution in [0.3, 0.4) is 0 Å². The number of sulfonamides is 1. The van der Waals surface area contributed by atoms with Crippen LogP contribution in [0.2, 0.25) is 0 Å². The van der Waals surface area contributed by atoms with Crippen LogP contribution in [0, 0.1) is 0 Å². The molecule has 0 aliphatic carbocycles. The van der Waals surface area contributed by atoms with Gasteiger partial charge in [0.2, 0.25) is 10.0 Å². The third-order valence-electron chi connectivity index (χ3n) is 3.56. The van der Waals surface area contributed by atoms with Crippen LogP contribution in [-0.2, 0) is 10.0 Å². The first-order valence-corrected chi connectivity index (χ1v) is 9.89. The Hall–Kier alpha value is -2.09. The largest absolute Gasteiger partial charge is 0.491 e. The molecule has 0 saturated carbocycles. The molecule has 0 fully saturated rings. The topological polar surface area (TPSA) is 87.7 Å². The van der Waals surface area contributed by atoms with Crippen LogP contribution in [0.15, 0.2) is 54.6 Å². The van der Waals surface area contributed by atoms with Crippen molar-refractivity contribution in [1.29, 1.82) is 0 Å². The number of hydrogen-bond acceptors (Lipinski definition) is 5. The van der Waals surface area contributed by atoms with Crippen LogP contribution in [0.25, 0.3) is 0 Å². The second-order valence-corrected chi connectivity index (χ2v) is 7.65. The van der Waals surface area contributed by atoms with Gasteiger partial charge in [0, 0.05) is 18.3 Å². The molecule has 136 valence electrons. The molecule has 7 heteroatoms. The number of benzene rings is 2. The zero-order valence-electron chi connectivity index (χ0n) is 14.3. The molecule has 0 saturated heterocycles. The van der Waals surface area contributed by atoms with Gasteiger partial charge in [0.05, 0.1) is 6.26 Å². The number of anilines is 1. The summed E-state index contributed by atoms with van der Waals surface area (Å²) in [6, 6.07) is 16.7. The second-order valence-electron chi connectivity index (χ2n) is 5.90. The molecule has 2 rings (SSSR count). The zero-order chi connectivity index (χ0) is 18.3. The van der Waals surface area contributed by atoms with E-state index in [9.17, 15) is 13.5 Å². The van der Waals surface area contributed by atoms with Crippen LogP contribution in [-0.4, -0.2) is 39.0 Å². The van der Waals surface area contributed by atoms with Crippen LogP contribution in [0.4, 0.5) is 5.69 Å². The highest BCUT2D eigenvalue weighted by Gasteiger charge is 2.09. The predicted octanol–water partition coefficient (Wildman–Crippen LogP) is 2.15. The maximum atomic E-state index is 11.1. The van der Waals surface area contributed by atoms with Gasteiger partial charge in [-0.05, 0) is 36.8 Å². The van der Waals surface area contributed by atoms with Crippen molar-refractivity contribution in [2.24, 2.45) is 0 Å². The lowest BCUT2D eigenvalue weighted by atomic mass is 10.1. The smallest absolute Gasteiger partial charge is 0.229 e. The fourth-order valence-corrected chi connectivity index (χ4v) is 2.82. The fourth-order valence-electron chi connectivity index (χ4n) is 2.26. The number of aliphatic hydroxyl groups excluding tert-OH is 1. The summed E-state index contributed by atoms with van der Waals surface area (Å²) >= 11 is 0. The lowest BCUT2D eigenvalue weighted by Crippen LogP contribution is -2.33. The van der Waals surface area contributed by atoms with E-state index in [0.29, 0.717) is 18.0 Å². The summed E-state index contributed by atoms with van der Waals surface area (Å²) in [5.74, 6) is 0.564. The maximum absolute atomic E-state index is 11.1. The minimum Gasteiger partial charge on any atom is -0.491 e. The number of aliphatic hydroxyl groups is 1. The first-order valence-electron chi connectivity index (χ1n) is 8.00. The molecular weight excluding hydrogens is 340 g/mol. The third-order valence-corrected chi connectivity index (χ3v) is 4.17. The predicted molar refractivity (Wildman–Crippen MR) is 99.3 cm³/mol. The normalized spacial score (nSPS) is 13.9. The molecule has 0 aliphatic rings.